The van der Waals surface area contributed by atoms with Crippen LogP contribution < -0.4 is 0 Å². The number of amides is 1. The van der Waals surface area contributed by atoms with Crippen LogP contribution in [-0.2, 0) is 0 Å². The van der Waals surface area contributed by atoms with E-state index in [9.17, 15) is 14.3 Å². The van der Waals surface area contributed by atoms with Crippen molar-refractivity contribution in [1.82, 2.24) is 4.90 Å². The Hall–Kier alpha value is -1.07. The topological polar surface area (TPSA) is 40.5 Å². The van der Waals surface area contributed by atoms with Gasteiger partial charge < -0.3 is 10.0 Å². The summed E-state index contributed by atoms with van der Waals surface area (Å²) in [6.45, 7) is 3.30. The minimum Gasteiger partial charge on any atom is -0.389 e. The lowest BCUT2D eigenvalue weighted by Crippen LogP contribution is -2.40. The minimum absolute atomic E-state index is 0.0377. The number of nitrogens with zero attached hydrogens (tertiary/aromatic N) is 1. The van der Waals surface area contributed by atoms with Crippen LogP contribution in [-0.4, -0.2) is 35.1 Å². The number of aliphatic hydroxyl groups is 1. The average molecular weight is 257 g/mol. The molecule has 0 bridgehead atoms. The molecule has 94 valence electrons. The fourth-order valence-electron chi connectivity index (χ4n) is 1.53. The van der Waals surface area contributed by atoms with Gasteiger partial charge in [-0.15, -0.1) is 12.6 Å². The first kappa shape index (κ1) is 14.0. The van der Waals surface area contributed by atoms with Crippen LogP contribution in [0.1, 0.15) is 24.2 Å². The first-order valence-electron chi connectivity index (χ1n) is 5.17. The number of benzene rings is 1. The lowest BCUT2D eigenvalue weighted by atomic mass is 10.1. The lowest BCUT2D eigenvalue weighted by molar-refractivity contribution is 0.0365. The van der Waals surface area contributed by atoms with Gasteiger partial charge in [0.25, 0.3) is 5.91 Å². The van der Waals surface area contributed by atoms with Crippen molar-refractivity contribution in [3.63, 3.8) is 0 Å². The standard InChI is InChI=1S/C12H16FNO2S/c1-12(2,16)7-14(3)11(15)9-6-8(17)4-5-10(9)13/h4-6,16-17H,7H2,1-3H3. The van der Waals surface area contributed by atoms with E-state index in [1.54, 1.807) is 13.8 Å². The normalized spacial score (nSPS) is 11.4. The summed E-state index contributed by atoms with van der Waals surface area (Å²) in [5, 5.41) is 9.61. The van der Waals surface area contributed by atoms with Crippen molar-refractivity contribution < 1.29 is 14.3 Å². The van der Waals surface area contributed by atoms with E-state index >= 15 is 0 Å². The van der Waals surface area contributed by atoms with Gasteiger partial charge in [0.15, 0.2) is 0 Å². The Kier molecular flexibility index (Phi) is 4.16. The van der Waals surface area contributed by atoms with Gasteiger partial charge in [-0.25, -0.2) is 4.39 Å². The van der Waals surface area contributed by atoms with Crippen LogP contribution in [0.5, 0.6) is 0 Å². The first-order chi connectivity index (χ1) is 7.70. The van der Waals surface area contributed by atoms with Gasteiger partial charge in [-0.3, -0.25) is 4.79 Å². The summed E-state index contributed by atoms with van der Waals surface area (Å²) < 4.78 is 13.5. The highest BCUT2D eigenvalue weighted by Crippen LogP contribution is 2.16. The van der Waals surface area contributed by atoms with Crippen molar-refractivity contribution in [3.8, 4) is 0 Å². The molecule has 1 aromatic rings. The SMILES string of the molecule is CN(CC(C)(C)O)C(=O)c1cc(S)ccc1F. The third kappa shape index (κ3) is 4.02. The fourth-order valence-corrected chi connectivity index (χ4v) is 1.74. The summed E-state index contributed by atoms with van der Waals surface area (Å²) in [4.78, 5) is 13.7. The van der Waals surface area contributed by atoms with Gasteiger partial charge in [0.05, 0.1) is 11.2 Å². The number of halogens is 1. The van der Waals surface area contributed by atoms with Crippen LogP contribution in [0.15, 0.2) is 23.1 Å². The van der Waals surface area contributed by atoms with Crippen molar-refractivity contribution in [2.45, 2.75) is 24.3 Å². The van der Waals surface area contributed by atoms with E-state index in [0.29, 0.717) is 4.90 Å². The van der Waals surface area contributed by atoms with Crippen LogP contribution in [0.4, 0.5) is 4.39 Å². The minimum atomic E-state index is -1.01. The molecule has 3 nitrogen and oxygen atoms in total. The number of rotatable bonds is 3. The van der Waals surface area contributed by atoms with Crippen LogP contribution in [0.2, 0.25) is 0 Å². The van der Waals surface area contributed by atoms with E-state index < -0.39 is 17.3 Å². The maximum atomic E-state index is 13.5. The van der Waals surface area contributed by atoms with Gasteiger partial charge in [-0.1, -0.05) is 0 Å². The third-order valence-electron chi connectivity index (χ3n) is 2.15. The molecule has 1 amide bonds. The van der Waals surface area contributed by atoms with E-state index in [1.807, 2.05) is 0 Å². The highest BCUT2D eigenvalue weighted by molar-refractivity contribution is 7.80. The Morgan fingerprint density at radius 2 is 2.12 bits per heavy atom. The molecule has 0 fully saturated rings. The molecule has 0 unspecified atom stereocenters. The summed E-state index contributed by atoms with van der Waals surface area (Å²) in [5.74, 6) is -1.06. The molecule has 0 atom stereocenters. The van der Waals surface area contributed by atoms with Gasteiger partial charge >= 0.3 is 0 Å². The second-order valence-electron chi connectivity index (χ2n) is 4.64. The number of hydrogen-bond acceptors (Lipinski definition) is 3. The molecule has 0 aliphatic heterocycles. The highest BCUT2D eigenvalue weighted by Gasteiger charge is 2.22. The van der Waals surface area contributed by atoms with Crippen LogP contribution in [0.25, 0.3) is 0 Å². The molecule has 0 aromatic heterocycles. The summed E-state index contributed by atoms with van der Waals surface area (Å²) in [6.07, 6.45) is 0. The molecule has 0 spiro atoms. The van der Waals surface area contributed by atoms with Crippen molar-refractivity contribution >= 4 is 18.5 Å². The molecule has 1 aromatic carbocycles. The predicted molar refractivity (Wildman–Crippen MR) is 66.9 cm³/mol. The van der Waals surface area contributed by atoms with Crippen molar-refractivity contribution in [2.75, 3.05) is 13.6 Å². The van der Waals surface area contributed by atoms with E-state index in [1.165, 1.54) is 30.1 Å². The summed E-state index contributed by atoms with van der Waals surface area (Å²) in [6, 6.07) is 4.06. The van der Waals surface area contributed by atoms with Gasteiger partial charge in [0.1, 0.15) is 5.82 Å². The quantitative estimate of drug-likeness (QED) is 0.813. The van der Waals surface area contributed by atoms with Crippen LogP contribution in [0, 0.1) is 5.82 Å². The van der Waals surface area contributed by atoms with Crippen LogP contribution >= 0.6 is 12.6 Å². The zero-order valence-corrected chi connectivity index (χ0v) is 11.0. The molecule has 1 rings (SSSR count). The zero-order chi connectivity index (χ0) is 13.2. The second-order valence-corrected chi connectivity index (χ2v) is 5.15. The van der Waals surface area contributed by atoms with E-state index in [4.69, 9.17) is 0 Å². The Balaban J connectivity index is 2.93. The Labute approximate surface area is 106 Å². The summed E-state index contributed by atoms with van der Waals surface area (Å²) in [5.41, 5.74) is -1.05. The Morgan fingerprint density at radius 1 is 1.53 bits per heavy atom. The van der Waals surface area contributed by atoms with Gasteiger partial charge in [-0.05, 0) is 32.0 Å². The number of carbonyl (C=O) groups is 1. The molecule has 5 heteroatoms. The first-order valence-corrected chi connectivity index (χ1v) is 5.62. The monoisotopic (exact) mass is 257 g/mol. The average Bonchev–Trinajstić information content (AvgIpc) is 2.18. The van der Waals surface area contributed by atoms with Gasteiger partial charge in [-0.2, -0.15) is 0 Å². The van der Waals surface area contributed by atoms with Crippen molar-refractivity contribution in [2.24, 2.45) is 0 Å². The fraction of sp³-hybridized carbons (Fsp3) is 0.417. The molecule has 1 N–H and O–H groups in total. The number of carbonyl (C=O) groups excluding carboxylic acids is 1. The largest absolute Gasteiger partial charge is 0.389 e. The molecular weight excluding hydrogens is 241 g/mol. The predicted octanol–water partition coefficient (Wildman–Crippen LogP) is 1.96. The molecule has 0 radical (unpaired) electrons. The van der Waals surface area contributed by atoms with Crippen LogP contribution in [0.3, 0.4) is 0 Å². The molecular formula is C12H16FNO2S. The van der Waals surface area contributed by atoms with Crippen molar-refractivity contribution in [3.05, 3.63) is 29.6 Å². The zero-order valence-electron chi connectivity index (χ0n) is 10.1. The maximum absolute atomic E-state index is 13.5. The summed E-state index contributed by atoms with van der Waals surface area (Å²) in [7, 11) is 1.52. The molecule has 0 aliphatic carbocycles. The van der Waals surface area contributed by atoms with E-state index in [-0.39, 0.29) is 12.1 Å². The molecule has 0 saturated heterocycles. The smallest absolute Gasteiger partial charge is 0.256 e. The number of likely N-dealkylation sites (N-methyl/N-ethyl adjacent to an activating group) is 1. The second kappa shape index (κ2) is 5.06. The van der Waals surface area contributed by atoms with Gasteiger partial charge in [0, 0.05) is 18.5 Å². The van der Waals surface area contributed by atoms with Gasteiger partial charge in [0.2, 0.25) is 0 Å². The van der Waals surface area contributed by atoms with E-state index in [0.717, 1.165) is 0 Å². The summed E-state index contributed by atoms with van der Waals surface area (Å²) >= 11 is 4.06. The third-order valence-corrected chi connectivity index (χ3v) is 2.43. The maximum Gasteiger partial charge on any atom is 0.256 e. The Morgan fingerprint density at radius 3 is 2.65 bits per heavy atom. The highest BCUT2D eigenvalue weighted by atomic mass is 32.1. The molecule has 0 saturated carbocycles. The molecule has 0 heterocycles. The molecule has 17 heavy (non-hydrogen) atoms. The van der Waals surface area contributed by atoms with E-state index in [2.05, 4.69) is 12.6 Å². The number of hydrogen-bond donors (Lipinski definition) is 2. The molecule has 0 aliphatic rings. The lowest BCUT2D eigenvalue weighted by Gasteiger charge is -2.25. The Bertz CT molecular complexity index is 429. The number of thiol groups is 1. The van der Waals surface area contributed by atoms with Crippen molar-refractivity contribution in [1.29, 1.82) is 0 Å².